The summed E-state index contributed by atoms with van der Waals surface area (Å²) in [5.41, 5.74) is 11.0. The number of hydrogen-bond donors (Lipinski definition) is 0. The Morgan fingerprint density at radius 2 is 1.79 bits per heavy atom. The second-order valence-corrected chi connectivity index (χ2v) is 10.8. The van der Waals surface area contributed by atoms with Crippen molar-refractivity contribution in [3.63, 3.8) is 0 Å². The van der Waals surface area contributed by atoms with Crippen molar-refractivity contribution >= 4 is 33.7 Å². The van der Waals surface area contributed by atoms with Gasteiger partial charge in [-0.1, -0.05) is 86.7 Å². The summed E-state index contributed by atoms with van der Waals surface area (Å²) in [4.78, 5) is 4.91. The lowest BCUT2D eigenvalue weighted by Gasteiger charge is -2.40. The first kappa shape index (κ1) is 22.9. The smallest absolute Gasteiger partial charge is 0.141 e. The highest BCUT2D eigenvalue weighted by atomic mass is 16.3. The molecule has 3 aliphatic heterocycles. The van der Waals surface area contributed by atoms with E-state index in [-0.39, 0.29) is 6.04 Å². The molecule has 3 nitrogen and oxygen atoms in total. The maximum absolute atomic E-state index is 6.72. The minimum atomic E-state index is 0.105. The van der Waals surface area contributed by atoms with Gasteiger partial charge in [0, 0.05) is 46.0 Å². The quantitative estimate of drug-likeness (QED) is 0.282. The van der Waals surface area contributed by atoms with Crippen molar-refractivity contribution in [1.29, 1.82) is 0 Å². The summed E-state index contributed by atoms with van der Waals surface area (Å²) >= 11 is 0. The molecule has 4 heterocycles. The summed E-state index contributed by atoms with van der Waals surface area (Å²) in [6.45, 7) is 8.38. The lowest BCUT2D eigenvalue weighted by atomic mass is 9.90. The molecule has 1 aromatic heterocycles. The molecule has 4 aromatic rings. The lowest BCUT2D eigenvalue weighted by molar-refractivity contribution is 0.343. The number of hydrogen-bond acceptors (Lipinski definition) is 3. The summed E-state index contributed by atoms with van der Waals surface area (Å²) in [6, 6.07) is 19.9. The number of allylic oxidation sites excluding steroid dienone is 4. The van der Waals surface area contributed by atoms with Crippen LogP contribution in [0.1, 0.15) is 53.6 Å². The van der Waals surface area contributed by atoms with Gasteiger partial charge in [0.25, 0.3) is 0 Å². The van der Waals surface area contributed by atoms with E-state index in [2.05, 4.69) is 134 Å². The molecular formula is C35H32N2O. The van der Waals surface area contributed by atoms with Gasteiger partial charge in [-0.2, -0.15) is 0 Å². The lowest BCUT2D eigenvalue weighted by Crippen LogP contribution is -2.35. The Balaban J connectivity index is 1.35. The molecule has 0 radical (unpaired) electrons. The second-order valence-electron chi connectivity index (χ2n) is 10.8. The van der Waals surface area contributed by atoms with Crippen molar-refractivity contribution in [2.75, 3.05) is 13.1 Å². The van der Waals surface area contributed by atoms with Crippen LogP contribution in [0.3, 0.4) is 0 Å². The van der Waals surface area contributed by atoms with Gasteiger partial charge in [0.2, 0.25) is 0 Å². The molecule has 0 saturated carbocycles. The number of rotatable bonds is 4. The molecular weight excluding hydrogens is 464 g/mol. The van der Waals surface area contributed by atoms with Gasteiger partial charge in [-0.25, -0.2) is 0 Å². The third-order valence-corrected chi connectivity index (χ3v) is 8.12. The molecule has 0 aliphatic carbocycles. The molecule has 3 heteroatoms. The molecule has 3 aliphatic rings. The van der Waals surface area contributed by atoms with Crippen molar-refractivity contribution in [3.05, 3.63) is 131 Å². The van der Waals surface area contributed by atoms with Crippen LogP contribution in [-0.4, -0.2) is 22.9 Å². The molecule has 0 bridgehead atoms. The zero-order valence-corrected chi connectivity index (χ0v) is 22.2. The Bertz CT molecular complexity index is 1730. The van der Waals surface area contributed by atoms with E-state index < -0.39 is 0 Å². The van der Waals surface area contributed by atoms with E-state index in [4.69, 9.17) is 4.42 Å². The van der Waals surface area contributed by atoms with Gasteiger partial charge in [0.1, 0.15) is 11.2 Å². The fourth-order valence-corrected chi connectivity index (χ4v) is 6.21. The third kappa shape index (κ3) is 3.57. The number of benzene rings is 3. The van der Waals surface area contributed by atoms with Crippen LogP contribution in [0.4, 0.5) is 0 Å². The van der Waals surface area contributed by atoms with Gasteiger partial charge in [-0.3, -0.25) is 0 Å². The van der Waals surface area contributed by atoms with Crippen LogP contribution in [0.15, 0.2) is 107 Å². The highest BCUT2D eigenvalue weighted by Crippen LogP contribution is 2.45. The first-order valence-corrected chi connectivity index (χ1v) is 13.6. The normalized spacial score (nSPS) is 18.3. The topological polar surface area (TPSA) is 19.6 Å². The second kappa shape index (κ2) is 8.95. The predicted octanol–water partition coefficient (Wildman–Crippen LogP) is 8.71. The zero-order chi connectivity index (χ0) is 25.8. The van der Waals surface area contributed by atoms with Gasteiger partial charge in [-0.05, 0) is 53.8 Å². The fourth-order valence-electron chi connectivity index (χ4n) is 6.21. The largest absolute Gasteiger partial charge is 0.455 e. The molecule has 3 aromatic carbocycles. The summed E-state index contributed by atoms with van der Waals surface area (Å²) in [6.07, 6.45) is 17.9. The van der Waals surface area contributed by atoms with Crippen LogP contribution >= 0.6 is 0 Å². The van der Waals surface area contributed by atoms with Crippen LogP contribution in [0, 0.1) is 6.92 Å². The Morgan fingerprint density at radius 3 is 2.66 bits per heavy atom. The van der Waals surface area contributed by atoms with Crippen molar-refractivity contribution in [2.24, 2.45) is 0 Å². The molecule has 0 fully saturated rings. The number of para-hydroxylation sites is 1. The number of nitrogens with zero attached hydrogens (tertiary/aromatic N) is 2. The molecule has 0 amide bonds. The maximum atomic E-state index is 6.72. The van der Waals surface area contributed by atoms with Gasteiger partial charge in [-0.15, -0.1) is 0 Å². The van der Waals surface area contributed by atoms with Crippen LogP contribution in [0.25, 0.3) is 33.7 Å². The Labute approximate surface area is 224 Å². The zero-order valence-electron chi connectivity index (χ0n) is 22.2. The number of aryl methyl sites for hydroxylation is 1. The molecule has 7 rings (SSSR count). The summed E-state index contributed by atoms with van der Waals surface area (Å²) in [5, 5.41) is 2.41. The van der Waals surface area contributed by atoms with Crippen LogP contribution in [-0.2, 0) is 0 Å². The average molecular weight is 497 g/mol. The highest BCUT2D eigenvalue weighted by Gasteiger charge is 2.32. The first-order valence-electron chi connectivity index (χ1n) is 13.6. The summed E-state index contributed by atoms with van der Waals surface area (Å²) in [5.74, 6) is 0.407. The van der Waals surface area contributed by atoms with Crippen LogP contribution in [0.5, 0.6) is 0 Å². The van der Waals surface area contributed by atoms with Gasteiger partial charge < -0.3 is 14.2 Å². The Hall–Kier alpha value is -4.24. The van der Waals surface area contributed by atoms with Crippen LogP contribution in [0.2, 0.25) is 0 Å². The van der Waals surface area contributed by atoms with E-state index >= 15 is 0 Å². The number of furan rings is 1. The fraction of sp³-hybridized carbons (Fsp3) is 0.200. The van der Waals surface area contributed by atoms with Gasteiger partial charge in [0.15, 0.2) is 0 Å². The van der Waals surface area contributed by atoms with E-state index in [1.807, 2.05) is 0 Å². The molecule has 1 atom stereocenters. The molecule has 38 heavy (non-hydrogen) atoms. The van der Waals surface area contributed by atoms with E-state index in [9.17, 15) is 0 Å². The van der Waals surface area contributed by atoms with Crippen molar-refractivity contribution in [2.45, 2.75) is 32.7 Å². The van der Waals surface area contributed by atoms with Gasteiger partial charge in [0.05, 0.1) is 12.6 Å². The molecule has 1 unspecified atom stereocenters. The highest BCUT2D eigenvalue weighted by molar-refractivity contribution is 6.08. The SMILES string of the molecule is Cc1ccccc1C1=CC=CCN1CC1=Cc2ccc3c(oc4c(C(C)C)cccc43)c2C2C=CC=CN12. The number of fused-ring (bicyclic) bond motifs is 7. The molecule has 0 saturated heterocycles. The minimum absolute atomic E-state index is 0.105. The van der Waals surface area contributed by atoms with Crippen molar-refractivity contribution in [1.82, 2.24) is 9.80 Å². The third-order valence-electron chi connectivity index (χ3n) is 8.12. The summed E-state index contributed by atoms with van der Waals surface area (Å²) < 4.78 is 6.72. The molecule has 188 valence electrons. The standard InChI is InChI=1S/C35H32N2O/c1-23(2)27-13-10-14-29-30-18-17-25-21-26(37-20-9-7-16-32(37)33(25)35(30)38-34(27)29)22-36-19-8-6-15-31(36)28-12-5-4-11-24(28)3/h4-18,20-21,23,32H,19,22H2,1-3H3. The van der Waals surface area contributed by atoms with E-state index in [0.29, 0.717) is 5.92 Å². The van der Waals surface area contributed by atoms with Crippen molar-refractivity contribution < 1.29 is 4.42 Å². The van der Waals surface area contributed by atoms with Gasteiger partial charge >= 0.3 is 0 Å². The summed E-state index contributed by atoms with van der Waals surface area (Å²) in [7, 11) is 0. The van der Waals surface area contributed by atoms with E-state index in [1.165, 1.54) is 50.0 Å². The Kier molecular flexibility index (Phi) is 5.40. The monoisotopic (exact) mass is 496 g/mol. The van der Waals surface area contributed by atoms with Crippen LogP contribution < -0.4 is 0 Å². The Morgan fingerprint density at radius 1 is 0.921 bits per heavy atom. The first-order chi connectivity index (χ1) is 18.6. The van der Waals surface area contributed by atoms with Crippen molar-refractivity contribution in [3.8, 4) is 0 Å². The van der Waals surface area contributed by atoms with E-state index in [0.717, 1.165) is 24.3 Å². The molecule has 0 spiro atoms. The average Bonchev–Trinajstić information content (AvgIpc) is 3.32. The molecule has 0 N–H and O–H groups in total. The maximum Gasteiger partial charge on any atom is 0.141 e. The predicted molar refractivity (Wildman–Crippen MR) is 159 cm³/mol. The minimum Gasteiger partial charge on any atom is -0.455 e. The van der Waals surface area contributed by atoms with E-state index in [1.54, 1.807) is 0 Å².